The zero-order chi connectivity index (χ0) is 12.4. The van der Waals surface area contributed by atoms with Crippen LogP contribution in [0.15, 0.2) is 12.3 Å². The number of nitrogens with zero attached hydrogens (tertiary/aromatic N) is 1. The average Bonchev–Trinajstić information content (AvgIpc) is 2.75. The fourth-order valence-electron chi connectivity index (χ4n) is 2.36. The highest BCUT2D eigenvalue weighted by Gasteiger charge is 2.30. The van der Waals surface area contributed by atoms with Crippen molar-refractivity contribution in [3.8, 4) is 0 Å². The zero-order valence-electron chi connectivity index (χ0n) is 9.82. The number of rotatable bonds is 2. The predicted molar refractivity (Wildman–Crippen MR) is 66.2 cm³/mol. The molecule has 1 saturated heterocycles. The molecule has 0 saturated carbocycles. The molecule has 1 aliphatic heterocycles. The number of carbonyl (C=O) groups excluding carboxylic acids is 1. The number of carbonyl (C=O) groups is 1. The van der Waals surface area contributed by atoms with Gasteiger partial charge in [-0.05, 0) is 32.3 Å². The fourth-order valence-corrected chi connectivity index (χ4v) is 2.52. The van der Waals surface area contributed by atoms with Crippen molar-refractivity contribution in [1.82, 2.24) is 9.88 Å². The monoisotopic (exact) mass is 256 g/mol. The van der Waals surface area contributed by atoms with E-state index in [1.54, 1.807) is 24.1 Å². The van der Waals surface area contributed by atoms with Crippen molar-refractivity contribution in [1.29, 1.82) is 0 Å². The molecule has 2 heterocycles. The van der Waals surface area contributed by atoms with Gasteiger partial charge in [0.1, 0.15) is 5.69 Å². The Hall–Kier alpha value is -1.00. The number of likely N-dealkylation sites (tertiary alicyclic amines) is 1. The largest absolute Gasteiger partial charge is 0.391 e. The van der Waals surface area contributed by atoms with E-state index < -0.39 is 6.10 Å². The Morgan fingerprint density at radius 1 is 1.65 bits per heavy atom. The normalized spacial score (nSPS) is 22.5. The lowest BCUT2D eigenvalue weighted by atomic mass is 9.98. The van der Waals surface area contributed by atoms with E-state index in [1.165, 1.54) is 0 Å². The SMILES string of the molecule is C[C@@H](O)[C@@H]1CCCCN1C(=O)c1cc(Cl)c[nH]1. The van der Waals surface area contributed by atoms with E-state index in [9.17, 15) is 9.90 Å². The van der Waals surface area contributed by atoms with Gasteiger partial charge in [-0.2, -0.15) is 0 Å². The molecule has 1 aromatic rings. The van der Waals surface area contributed by atoms with Gasteiger partial charge < -0.3 is 15.0 Å². The van der Waals surface area contributed by atoms with Crippen molar-refractivity contribution < 1.29 is 9.90 Å². The van der Waals surface area contributed by atoms with Gasteiger partial charge in [0, 0.05) is 12.7 Å². The molecule has 1 amide bonds. The summed E-state index contributed by atoms with van der Waals surface area (Å²) in [6.07, 6.45) is 4.01. The zero-order valence-corrected chi connectivity index (χ0v) is 10.6. The first-order valence-corrected chi connectivity index (χ1v) is 6.30. The molecule has 1 fully saturated rings. The van der Waals surface area contributed by atoms with E-state index in [1.807, 2.05) is 0 Å². The Kier molecular flexibility index (Phi) is 3.74. The lowest BCUT2D eigenvalue weighted by molar-refractivity contribution is 0.0277. The number of aromatic nitrogens is 1. The minimum atomic E-state index is -0.496. The quantitative estimate of drug-likeness (QED) is 0.851. The van der Waals surface area contributed by atoms with Gasteiger partial charge >= 0.3 is 0 Å². The maximum atomic E-state index is 12.3. The average molecular weight is 257 g/mol. The molecule has 2 rings (SSSR count). The van der Waals surface area contributed by atoms with Crippen molar-refractivity contribution in [2.75, 3.05) is 6.54 Å². The number of amides is 1. The van der Waals surface area contributed by atoms with Crippen molar-refractivity contribution in [3.05, 3.63) is 23.0 Å². The second-order valence-corrected chi connectivity index (χ2v) is 4.97. The molecule has 94 valence electrons. The molecular formula is C12H17ClN2O2. The second-order valence-electron chi connectivity index (χ2n) is 4.53. The van der Waals surface area contributed by atoms with Crippen molar-refractivity contribution in [3.63, 3.8) is 0 Å². The molecule has 0 spiro atoms. The molecule has 4 nitrogen and oxygen atoms in total. The van der Waals surface area contributed by atoms with Crippen molar-refractivity contribution >= 4 is 17.5 Å². The summed E-state index contributed by atoms with van der Waals surface area (Å²) in [4.78, 5) is 16.9. The van der Waals surface area contributed by atoms with Crippen molar-refractivity contribution in [2.45, 2.75) is 38.3 Å². The summed E-state index contributed by atoms with van der Waals surface area (Å²) in [5, 5.41) is 10.2. The number of aliphatic hydroxyl groups is 1. The third kappa shape index (κ3) is 2.64. The van der Waals surface area contributed by atoms with E-state index in [0.29, 0.717) is 17.3 Å². The first kappa shape index (κ1) is 12.5. The first-order chi connectivity index (χ1) is 8.09. The molecule has 0 radical (unpaired) electrons. The van der Waals surface area contributed by atoms with Crippen LogP contribution in [0.5, 0.6) is 0 Å². The molecule has 0 bridgehead atoms. The Labute approximate surface area is 106 Å². The lowest BCUT2D eigenvalue weighted by Crippen LogP contribution is -2.49. The maximum absolute atomic E-state index is 12.3. The lowest BCUT2D eigenvalue weighted by Gasteiger charge is -2.37. The third-order valence-corrected chi connectivity index (χ3v) is 3.46. The van der Waals surface area contributed by atoms with E-state index in [2.05, 4.69) is 4.98 Å². The molecule has 0 aliphatic carbocycles. The Balaban J connectivity index is 2.16. The molecule has 1 aliphatic rings. The molecule has 2 atom stereocenters. The van der Waals surface area contributed by atoms with E-state index in [-0.39, 0.29) is 11.9 Å². The van der Waals surface area contributed by atoms with Gasteiger partial charge in [0.2, 0.25) is 0 Å². The molecule has 5 heteroatoms. The summed E-state index contributed by atoms with van der Waals surface area (Å²) in [5.74, 6) is -0.0810. The predicted octanol–water partition coefficient (Wildman–Crippen LogP) is 2.04. The number of hydrogen-bond acceptors (Lipinski definition) is 2. The number of aromatic amines is 1. The standard InChI is InChI=1S/C12H17ClN2O2/c1-8(16)11-4-2-3-5-15(11)12(17)10-6-9(13)7-14-10/h6-8,11,14,16H,2-5H2,1H3/t8-,11+/m1/s1. The van der Waals surface area contributed by atoms with Crippen LogP contribution in [0.4, 0.5) is 0 Å². The van der Waals surface area contributed by atoms with Gasteiger partial charge in [0.15, 0.2) is 0 Å². The van der Waals surface area contributed by atoms with Gasteiger partial charge in [0.25, 0.3) is 5.91 Å². The number of H-pyrrole nitrogens is 1. The van der Waals surface area contributed by atoms with Crippen LogP contribution in [0.3, 0.4) is 0 Å². The summed E-state index contributed by atoms with van der Waals surface area (Å²) >= 11 is 5.79. The Morgan fingerprint density at radius 3 is 3.00 bits per heavy atom. The molecular weight excluding hydrogens is 240 g/mol. The summed E-state index contributed by atoms with van der Waals surface area (Å²) in [6, 6.07) is 1.54. The number of hydrogen-bond donors (Lipinski definition) is 2. The molecule has 0 aromatic carbocycles. The van der Waals surface area contributed by atoms with Gasteiger partial charge in [-0.1, -0.05) is 11.6 Å². The highest BCUT2D eigenvalue weighted by molar-refractivity contribution is 6.30. The summed E-state index contributed by atoms with van der Waals surface area (Å²) in [6.45, 7) is 2.43. The molecule has 0 unspecified atom stereocenters. The van der Waals surface area contributed by atoms with Crippen LogP contribution in [-0.2, 0) is 0 Å². The van der Waals surface area contributed by atoms with Crippen LogP contribution in [0.2, 0.25) is 5.02 Å². The highest BCUT2D eigenvalue weighted by Crippen LogP contribution is 2.22. The second kappa shape index (κ2) is 5.10. The van der Waals surface area contributed by atoms with Gasteiger partial charge in [-0.3, -0.25) is 4.79 Å². The minimum Gasteiger partial charge on any atom is -0.391 e. The van der Waals surface area contributed by atoms with E-state index in [4.69, 9.17) is 11.6 Å². The molecule has 17 heavy (non-hydrogen) atoms. The topological polar surface area (TPSA) is 56.3 Å². The van der Waals surface area contributed by atoms with Crippen LogP contribution >= 0.6 is 11.6 Å². The maximum Gasteiger partial charge on any atom is 0.270 e. The van der Waals surface area contributed by atoms with Crippen LogP contribution < -0.4 is 0 Å². The summed E-state index contributed by atoms with van der Waals surface area (Å²) in [7, 11) is 0. The number of piperidine rings is 1. The van der Waals surface area contributed by atoms with E-state index >= 15 is 0 Å². The minimum absolute atomic E-state index is 0.0810. The van der Waals surface area contributed by atoms with Crippen molar-refractivity contribution in [2.24, 2.45) is 0 Å². The summed E-state index contributed by atoms with van der Waals surface area (Å²) < 4.78 is 0. The van der Waals surface area contributed by atoms with E-state index in [0.717, 1.165) is 19.3 Å². The fraction of sp³-hybridized carbons (Fsp3) is 0.583. The van der Waals surface area contributed by atoms with Gasteiger partial charge in [-0.25, -0.2) is 0 Å². The van der Waals surface area contributed by atoms with Gasteiger partial charge in [-0.15, -0.1) is 0 Å². The Bertz CT molecular complexity index is 403. The first-order valence-electron chi connectivity index (χ1n) is 5.92. The van der Waals surface area contributed by atoms with Crippen LogP contribution in [0.25, 0.3) is 0 Å². The molecule has 1 aromatic heterocycles. The van der Waals surface area contributed by atoms with Crippen LogP contribution in [0, 0.1) is 0 Å². The third-order valence-electron chi connectivity index (χ3n) is 3.25. The smallest absolute Gasteiger partial charge is 0.270 e. The summed E-state index contributed by atoms with van der Waals surface area (Å²) in [5.41, 5.74) is 0.488. The number of halogens is 1. The van der Waals surface area contributed by atoms with Gasteiger partial charge in [0.05, 0.1) is 17.2 Å². The van der Waals surface area contributed by atoms with Crippen LogP contribution in [0.1, 0.15) is 36.7 Å². The number of nitrogens with one attached hydrogen (secondary N) is 1. The molecule has 2 N–H and O–H groups in total. The highest BCUT2D eigenvalue weighted by atomic mass is 35.5. The Morgan fingerprint density at radius 2 is 2.41 bits per heavy atom. The number of aliphatic hydroxyl groups excluding tert-OH is 1. The van der Waals surface area contributed by atoms with Crippen LogP contribution in [-0.4, -0.2) is 39.6 Å².